The average molecular weight is 335 g/mol. The normalized spacial score (nSPS) is 12.0. The van der Waals surface area contributed by atoms with Crippen LogP contribution in [-0.4, -0.2) is 35.8 Å². The second kappa shape index (κ2) is 13.4. The molecule has 1 aromatic rings. The number of rotatable bonds is 13. The largest absolute Gasteiger partial charge is 0.396 e. The Morgan fingerprint density at radius 2 is 1.96 bits per heavy atom. The van der Waals surface area contributed by atoms with Gasteiger partial charge in [-0.25, -0.2) is 0 Å². The molecular formula is C19H30N2OS. The standard InChI is InChI=1S/C19H30N2OS/c1-2-14-23-15-11-19(10-13-22)21-12-4-3-5-17-6-8-18(16-20)9-7-17/h6-9,19,21-22H,2-5,10-15H2,1H3. The molecule has 0 aliphatic heterocycles. The molecule has 0 fully saturated rings. The molecule has 0 saturated heterocycles. The number of aliphatic hydroxyl groups excluding tert-OH is 1. The van der Waals surface area contributed by atoms with Crippen molar-refractivity contribution in [2.75, 3.05) is 24.7 Å². The van der Waals surface area contributed by atoms with Crippen molar-refractivity contribution >= 4 is 11.8 Å². The zero-order chi connectivity index (χ0) is 16.8. The van der Waals surface area contributed by atoms with E-state index in [9.17, 15) is 0 Å². The number of aryl methyl sites for hydroxylation is 1. The van der Waals surface area contributed by atoms with Crippen LogP contribution in [0.2, 0.25) is 0 Å². The van der Waals surface area contributed by atoms with Crippen LogP contribution in [0.3, 0.4) is 0 Å². The lowest BCUT2D eigenvalue weighted by molar-refractivity contribution is 0.262. The van der Waals surface area contributed by atoms with Gasteiger partial charge in [0.1, 0.15) is 0 Å². The molecule has 0 saturated carbocycles. The third kappa shape index (κ3) is 9.65. The molecule has 0 aromatic heterocycles. The third-order valence-electron chi connectivity index (χ3n) is 3.84. The van der Waals surface area contributed by atoms with Crippen molar-refractivity contribution in [2.24, 2.45) is 0 Å². The van der Waals surface area contributed by atoms with E-state index in [0.29, 0.717) is 6.04 Å². The van der Waals surface area contributed by atoms with Gasteiger partial charge in [0.2, 0.25) is 0 Å². The SMILES string of the molecule is CCCSCCC(CCO)NCCCCc1ccc(C#N)cc1. The fourth-order valence-electron chi connectivity index (χ4n) is 2.48. The summed E-state index contributed by atoms with van der Waals surface area (Å²) in [7, 11) is 0. The Morgan fingerprint density at radius 3 is 2.61 bits per heavy atom. The lowest BCUT2D eigenvalue weighted by atomic mass is 10.1. The molecule has 0 heterocycles. The van der Waals surface area contributed by atoms with E-state index in [2.05, 4.69) is 18.3 Å². The van der Waals surface area contributed by atoms with Gasteiger partial charge in [0.15, 0.2) is 0 Å². The van der Waals surface area contributed by atoms with Crippen molar-refractivity contribution in [2.45, 2.75) is 51.5 Å². The molecule has 4 heteroatoms. The molecule has 128 valence electrons. The van der Waals surface area contributed by atoms with Gasteiger partial charge in [-0.05, 0) is 74.3 Å². The van der Waals surface area contributed by atoms with E-state index in [1.165, 1.54) is 23.5 Å². The van der Waals surface area contributed by atoms with Crippen molar-refractivity contribution in [3.05, 3.63) is 35.4 Å². The number of hydrogen-bond donors (Lipinski definition) is 2. The molecule has 1 rings (SSSR count). The van der Waals surface area contributed by atoms with Crippen LogP contribution in [0.25, 0.3) is 0 Å². The van der Waals surface area contributed by atoms with Crippen molar-refractivity contribution < 1.29 is 5.11 Å². The topological polar surface area (TPSA) is 56.0 Å². The lowest BCUT2D eigenvalue weighted by Gasteiger charge is -2.17. The van der Waals surface area contributed by atoms with E-state index in [1.807, 2.05) is 36.0 Å². The molecular weight excluding hydrogens is 304 g/mol. The third-order valence-corrected chi connectivity index (χ3v) is 5.07. The van der Waals surface area contributed by atoms with Crippen LogP contribution in [0.1, 0.15) is 50.2 Å². The number of unbranched alkanes of at least 4 members (excludes halogenated alkanes) is 1. The highest BCUT2D eigenvalue weighted by molar-refractivity contribution is 7.99. The Hall–Kier alpha value is -1.02. The summed E-state index contributed by atoms with van der Waals surface area (Å²) in [5.74, 6) is 2.41. The number of aliphatic hydroxyl groups is 1. The average Bonchev–Trinajstić information content (AvgIpc) is 2.58. The summed E-state index contributed by atoms with van der Waals surface area (Å²) >= 11 is 2.01. The van der Waals surface area contributed by atoms with Gasteiger partial charge in [-0.3, -0.25) is 0 Å². The lowest BCUT2D eigenvalue weighted by Crippen LogP contribution is -2.31. The summed E-state index contributed by atoms with van der Waals surface area (Å²) in [5.41, 5.74) is 2.02. The van der Waals surface area contributed by atoms with Gasteiger partial charge in [-0.1, -0.05) is 19.1 Å². The molecule has 2 N–H and O–H groups in total. The summed E-state index contributed by atoms with van der Waals surface area (Å²) in [6, 6.07) is 10.5. The van der Waals surface area contributed by atoms with Gasteiger partial charge in [-0.2, -0.15) is 17.0 Å². The second-order valence-corrected chi connectivity index (χ2v) is 7.05. The Kier molecular flexibility index (Phi) is 11.7. The van der Waals surface area contributed by atoms with E-state index >= 15 is 0 Å². The van der Waals surface area contributed by atoms with Crippen molar-refractivity contribution in [3.63, 3.8) is 0 Å². The zero-order valence-corrected chi connectivity index (χ0v) is 15.1. The predicted octanol–water partition coefficient (Wildman–Crippen LogP) is 3.75. The van der Waals surface area contributed by atoms with Crippen LogP contribution in [0, 0.1) is 11.3 Å². The number of hydrogen-bond acceptors (Lipinski definition) is 4. The molecule has 23 heavy (non-hydrogen) atoms. The Morgan fingerprint density at radius 1 is 1.17 bits per heavy atom. The first-order valence-electron chi connectivity index (χ1n) is 8.71. The molecule has 0 aliphatic rings. The predicted molar refractivity (Wildman–Crippen MR) is 99.8 cm³/mol. The van der Waals surface area contributed by atoms with Crippen molar-refractivity contribution in [1.82, 2.24) is 5.32 Å². The molecule has 1 atom stereocenters. The first-order chi connectivity index (χ1) is 11.3. The van der Waals surface area contributed by atoms with Crippen LogP contribution >= 0.6 is 11.8 Å². The number of nitrogens with one attached hydrogen (secondary N) is 1. The number of thioether (sulfide) groups is 1. The van der Waals surface area contributed by atoms with Gasteiger partial charge in [0.25, 0.3) is 0 Å². The molecule has 0 aliphatic carbocycles. The highest BCUT2D eigenvalue weighted by atomic mass is 32.2. The van der Waals surface area contributed by atoms with Crippen LogP contribution in [0.15, 0.2) is 24.3 Å². The fraction of sp³-hybridized carbons (Fsp3) is 0.632. The van der Waals surface area contributed by atoms with Crippen molar-refractivity contribution in [1.29, 1.82) is 5.26 Å². The summed E-state index contributed by atoms with van der Waals surface area (Å²) in [6.45, 7) is 3.49. The molecule has 1 aromatic carbocycles. The molecule has 1 unspecified atom stereocenters. The van der Waals surface area contributed by atoms with Gasteiger partial charge >= 0.3 is 0 Å². The summed E-state index contributed by atoms with van der Waals surface area (Å²) in [4.78, 5) is 0. The van der Waals surface area contributed by atoms with Crippen LogP contribution < -0.4 is 5.32 Å². The maximum Gasteiger partial charge on any atom is 0.0991 e. The Labute approximate surface area is 145 Å². The maximum absolute atomic E-state index is 9.16. The number of nitriles is 1. The minimum atomic E-state index is 0.265. The highest BCUT2D eigenvalue weighted by Gasteiger charge is 2.06. The second-order valence-electron chi connectivity index (χ2n) is 5.83. The van der Waals surface area contributed by atoms with E-state index in [-0.39, 0.29) is 6.61 Å². The van der Waals surface area contributed by atoms with Crippen LogP contribution in [-0.2, 0) is 6.42 Å². The van der Waals surface area contributed by atoms with Gasteiger partial charge in [-0.15, -0.1) is 0 Å². The monoisotopic (exact) mass is 334 g/mol. The van der Waals surface area contributed by atoms with Crippen molar-refractivity contribution in [3.8, 4) is 6.07 Å². The molecule has 0 amide bonds. The first kappa shape index (κ1) is 20.0. The van der Waals surface area contributed by atoms with Gasteiger partial charge in [0, 0.05) is 12.6 Å². The molecule has 3 nitrogen and oxygen atoms in total. The molecule has 0 bridgehead atoms. The van der Waals surface area contributed by atoms with E-state index in [4.69, 9.17) is 10.4 Å². The van der Waals surface area contributed by atoms with E-state index < -0.39 is 0 Å². The summed E-state index contributed by atoms with van der Waals surface area (Å²) in [5, 5.41) is 21.5. The highest BCUT2D eigenvalue weighted by Crippen LogP contribution is 2.10. The van der Waals surface area contributed by atoms with Gasteiger partial charge in [0.05, 0.1) is 11.6 Å². The van der Waals surface area contributed by atoms with Crippen LogP contribution in [0.4, 0.5) is 0 Å². The quantitative estimate of drug-likeness (QED) is 0.539. The van der Waals surface area contributed by atoms with E-state index in [1.54, 1.807) is 0 Å². The molecule has 0 radical (unpaired) electrons. The number of benzene rings is 1. The van der Waals surface area contributed by atoms with Gasteiger partial charge < -0.3 is 10.4 Å². The Bertz CT molecular complexity index is 442. The summed E-state index contributed by atoms with van der Waals surface area (Å²) < 4.78 is 0. The number of nitrogens with zero attached hydrogens (tertiary/aromatic N) is 1. The zero-order valence-electron chi connectivity index (χ0n) is 14.3. The minimum absolute atomic E-state index is 0.265. The fourth-order valence-corrected chi connectivity index (χ4v) is 3.43. The minimum Gasteiger partial charge on any atom is -0.396 e. The maximum atomic E-state index is 9.16. The Balaban J connectivity index is 2.13. The van der Waals surface area contributed by atoms with E-state index in [0.717, 1.165) is 44.2 Å². The molecule has 0 spiro atoms. The smallest absolute Gasteiger partial charge is 0.0991 e. The first-order valence-corrected chi connectivity index (χ1v) is 9.86. The summed E-state index contributed by atoms with van der Waals surface area (Å²) in [6.07, 6.45) is 6.57. The van der Waals surface area contributed by atoms with Crippen LogP contribution in [0.5, 0.6) is 0 Å².